The first-order valence-electron chi connectivity index (χ1n) is 7.06. The van der Waals surface area contributed by atoms with Gasteiger partial charge in [-0.05, 0) is 30.7 Å². The van der Waals surface area contributed by atoms with Crippen LogP contribution in [-0.4, -0.2) is 5.97 Å². The molecule has 4 heteroatoms. The van der Waals surface area contributed by atoms with Crippen LogP contribution in [0.4, 0.5) is 0 Å². The molecular weight excluding hydrogens is 292 g/mol. The Kier molecular flexibility index (Phi) is 3.81. The van der Waals surface area contributed by atoms with E-state index >= 15 is 0 Å². The molecule has 3 rings (SSSR count). The molecule has 3 aromatic rings. The molecule has 0 unspecified atom stereocenters. The van der Waals surface area contributed by atoms with Crippen molar-refractivity contribution in [1.82, 2.24) is 0 Å². The molecule has 0 bridgehead atoms. The average Bonchev–Trinajstić information content (AvgIpc) is 2.55. The monoisotopic (exact) mass is 306 g/mol. The van der Waals surface area contributed by atoms with Gasteiger partial charge in [0.15, 0.2) is 0 Å². The smallest absolute Gasteiger partial charge is 0.344 e. The van der Waals surface area contributed by atoms with E-state index in [4.69, 9.17) is 9.15 Å². The van der Waals surface area contributed by atoms with E-state index in [2.05, 4.69) is 6.58 Å². The lowest BCUT2D eigenvalue weighted by Gasteiger charge is -2.05. The fourth-order valence-corrected chi connectivity index (χ4v) is 2.25. The summed E-state index contributed by atoms with van der Waals surface area (Å²) in [4.78, 5) is 23.4. The zero-order valence-electron chi connectivity index (χ0n) is 12.5. The van der Waals surface area contributed by atoms with Crippen molar-refractivity contribution in [3.05, 3.63) is 77.2 Å². The van der Waals surface area contributed by atoms with Crippen molar-refractivity contribution in [2.24, 2.45) is 0 Å². The third kappa shape index (κ3) is 3.06. The number of esters is 1. The highest BCUT2D eigenvalue weighted by Gasteiger charge is 2.09. The Morgan fingerprint density at radius 3 is 2.57 bits per heavy atom. The second kappa shape index (κ2) is 5.93. The topological polar surface area (TPSA) is 56.5 Å². The number of benzene rings is 2. The van der Waals surface area contributed by atoms with E-state index in [-0.39, 0.29) is 0 Å². The molecule has 0 atom stereocenters. The van der Waals surface area contributed by atoms with E-state index in [0.717, 1.165) is 22.6 Å². The van der Waals surface area contributed by atoms with Crippen LogP contribution in [0.5, 0.6) is 5.75 Å². The quantitative estimate of drug-likeness (QED) is 0.319. The highest BCUT2D eigenvalue weighted by Crippen LogP contribution is 2.24. The second-order valence-electron chi connectivity index (χ2n) is 5.14. The van der Waals surface area contributed by atoms with Gasteiger partial charge in [0.25, 0.3) is 0 Å². The first-order chi connectivity index (χ1) is 11.1. The Bertz CT molecular complexity index is 949. The van der Waals surface area contributed by atoms with Crippen LogP contribution in [0.15, 0.2) is 70.4 Å². The third-order valence-corrected chi connectivity index (χ3v) is 3.46. The first kappa shape index (κ1) is 14.8. The summed E-state index contributed by atoms with van der Waals surface area (Å²) in [5.41, 5.74) is 2.34. The minimum Gasteiger partial charge on any atom is -0.423 e. The van der Waals surface area contributed by atoms with Crippen molar-refractivity contribution < 1.29 is 13.9 Å². The normalized spacial score (nSPS) is 10.5. The van der Waals surface area contributed by atoms with Gasteiger partial charge < -0.3 is 9.15 Å². The number of hydrogen-bond acceptors (Lipinski definition) is 4. The molecule has 0 saturated heterocycles. The molecule has 2 aromatic carbocycles. The number of carbonyl (C=O) groups is 1. The Hall–Kier alpha value is -3.14. The molecule has 114 valence electrons. The van der Waals surface area contributed by atoms with Gasteiger partial charge in [-0.15, -0.1) is 0 Å². The molecule has 0 N–H and O–H groups in total. The fraction of sp³-hybridized carbons (Fsp3) is 0.0526. The van der Waals surface area contributed by atoms with E-state index < -0.39 is 11.6 Å². The molecule has 0 radical (unpaired) electrons. The van der Waals surface area contributed by atoms with Crippen molar-refractivity contribution in [3.8, 4) is 16.9 Å². The summed E-state index contributed by atoms with van der Waals surface area (Å²) >= 11 is 0. The summed E-state index contributed by atoms with van der Waals surface area (Å²) in [6, 6.07) is 14.3. The predicted octanol–water partition coefficient (Wildman–Crippen LogP) is 3.86. The van der Waals surface area contributed by atoms with Crippen molar-refractivity contribution in [2.45, 2.75) is 6.92 Å². The molecule has 1 heterocycles. The predicted molar refractivity (Wildman–Crippen MR) is 88.5 cm³/mol. The van der Waals surface area contributed by atoms with E-state index in [1.807, 2.05) is 31.2 Å². The van der Waals surface area contributed by atoms with Crippen LogP contribution < -0.4 is 10.4 Å². The average molecular weight is 306 g/mol. The molecule has 0 spiro atoms. The fourth-order valence-electron chi connectivity index (χ4n) is 2.25. The van der Waals surface area contributed by atoms with Gasteiger partial charge in [-0.1, -0.05) is 36.4 Å². The molecular formula is C19H14O4. The summed E-state index contributed by atoms with van der Waals surface area (Å²) in [6.45, 7) is 5.32. The summed E-state index contributed by atoms with van der Waals surface area (Å²) in [5, 5.41) is 0.749. The van der Waals surface area contributed by atoms with Crippen LogP contribution in [0.3, 0.4) is 0 Å². The highest BCUT2D eigenvalue weighted by atomic mass is 16.5. The maximum absolute atomic E-state index is 12.2. The van der Waals surface area contributed by atoms with E-state index in [1.54, 1.807) is 18.2 Å². The van der Waals surface area contributed by atoms with Crippen LogP contribution in [0.25, 0.3) is 22.1 Å². The summed E-state index contributed by atoms with van der Waals surface area (Å²) < 4.78 is 10.4. The molecule has 4 nitrogen and oxygen atoms in total. The molecule has 0 amide bonds. The minimum atomic E-state index is -0.567. The van der Waals surface area contributed by atoms with E-state index in [0.29, 0.717) is 16.9 Å². The lowest BCUT2D eigenvalue weighted by molar-refractivity contribution is -0.128. The number of carbonyl (C=O) groups excluding carboxylic acids is 1. The van der Waals surface area contributed by atoms with Gasteiger partial charge in [0, 0.05) is 17.5 Å². The minimum absolute atomic E-state index is 0.300. The summed E-state index contributed by atoms with van der Waals surface area (Å²) in [7, 11) is 0. The van der Waals surface area contributed by atoms with Crippen LogP contribution >= 0.6 is 0 Å². The second-order valence-corrected chi connectivity index (χ2v) is 5.14. The molecule has 0 aliphatic carbocycles. The Balaban J connectivity index is 2.07. The maximum atomic E-state index is 12.2. The number of ether oxygens (including phenoxy) is 1. The molecule has 23 heavy (non-hydrogen) atoms. The van der Waals surface area contributed by atoms with Gasteiger partial charge in [0.2, 0.25) is 0 Å². The van der Waals surface area contributed by atoms with Gasteiger partial charge >= 0.3 is 11.6 Å². The largest absolute Gasteiger partial charge is 0.423 e. The lowest BCUT2D eigenvalue weighted by Crippen LogP contribution is -2.04. The van der Waals surface area contributed by atoms with Gasteiger partial charge in [-0.3, -0.25) is 0 Å². The number of aryl methyl sites for hydroxylation is 1. The van der Waals surface area contributed by atoms with Crippen molar-refractivity contribution in [2.75, 3.05) is 0 Å². The van der Waals surface area contributed by atoms with Crippen LogP contribution in [0.2, 0.25) is 0 Å². The number of fused-ring (bicyclic) bond motifs is 1. The lowest BCUT2D eigenvalue weighted by atomic mass is 10.0. The highest BCUT2D eigenvalue weighted by molar-refractivity contribution is 5.86. The Labute approximate surface area is 132 Å². The van der Waals surface area contributed by atoms with Gasteiger partial charge in [0.05, 0.1) is 5.56 Å². The van der Waals surface area contributed by atoms with E-state index in [1.165, 1.54) is 6.07 Å². The Morgan fingerprint density at radius 2 is 1.87 bits per heavy atom. The van der Waals surface area contributed by atoms with Gasteiger partial charge in [-0.25, -0.2) is 9.59 Å². The van der Waals surface area contributed by atoms with Crippen LogP contribution in [0.1, 0.15) is 5.56 Å². The molecule has 0 aliphatic rings. The van der Waals surface area contributed by atoms with E-state index in [9.17, 15) is 9.59 Å². The van der Waals surface area contributed by atoms with Crippen molar-refractivity contribution >= 4 is 16.9 Å². The molecule has 0 aliphatic heterocycles. The van der Waals surface area contributed by atoms with Crippen LogP contribution in [0, 0.1) is 6.92 Å². The van der Waals surface area contributed by atoms with Gasteiger partial charge in [0.1, 0.15) is 11.3 Å². The maximum Gasteiger partial charge on any atom is 0.344 e. The Morgan fingerprint density at radius 1 is 1.13 bits per heavy atom. The zero-order valence-corrected chi connectivity index (χ0v) is 12.5. The zero-order chi connectivity index (χ0) is 16.4. The SMILES string of the molecule is C=CC(=O)Oc1ccc2cc(-c3ccc(C)cc3)c(=O)oc2c1. The van der Waals surface area contributed by atoms with Crippen molar-refractivity contribution in [3.63, 3.8) is 0 Å². The summed E-state index contributed by atoms with van der Waals surface area (Å²) in [6.07, 6.45) is 1.07. The number of rotatable bonds is 3. The standard InChI is InChI=1S/C19H14O4/c1-3-18(20)22-15-9-8-14-10-16(19(21)23-17(14)11-15)13-6-4-12(2)5-7-13/h3-11H,1H2,2H3. The summed E-state index contributed by atoms with van der Waals surface area (Å²) in [5.74, 6) is -0.267. The third-order valence-electron chi connectivity index (χ3n) is 3.46. The van der Waals surface area contributed by atoms with Gasteiger partial charge in [-0.2, -0.15) is 0 Å². The molecule has 1 aromatic heterocycles. The molecule has 0 fully saturated rings. The van der Waals surface area contributed by atoms with Crippen molar-refractivity contribution in [1.29, 1.82) is 0 Å². The van der Waals surface area contributed by atoms with Crippen LogP contribution in [-0.2, 0) is 4.79 Å². The molecule has 0 saturated carbocycles. The number of hydrogen-bond donors (Lipinski definition) is 0. The first-order valence-corrected chi connectivity index (χ1v) is 7.06.